The first-order chi connectivity index (χ1) is 13.0. The fourth-order valence-corrected chi connectivity index (χ4v) is 2.27. The molecule has 27 heavy (non-hydrogen) atoms. The SMILES string of the molecule is COc1ccccc1CNC(=O)COC(=O)CNC(=O)c1ccc(Cl)cc1. The van der Waals surface area contributed by atoms with Gasteiger partial charge in [0.05, 0.1) is 7.11 Å². The molecule has 0 unspecified atom stereocenters. The van der Waals surface area contributed by atoms with Crippen molar-refractivity contribution in [1.29, 1.82) is 0 Å². The minimum atomic E-state index is -0.718. The van der Waals surface area contributed by atoms with Crippen LogP contribution < -0.4 is 15.4 Å². The number of rotatable bonds is 8. The molecule has 0 bridgehead atoms. The van der Waals surface area contributed by atoms with E-state index in [9.17, 15) is 14.4 Å². The molecule has 0 aliphatic carbocycles. The van der Waals surface area contributed by atoms with Crippen molar-refractivity contribution in [3.63, 3.8) is 0 Å². The summed E-state index contributed by atoms with van der Waals surface area (Å²) in [4.78, 5) is 35.3. The van der Waals surface area contributed by atoms with Crippen molar-refractivity contribution in [2.24, 2.45) is 0 Å². The van der Waals surface area contributed by atoms with Crippen molar-refractivity contribution in [3.8, 4) is 5.75 Å². The van der Waals surface area contributed by atoms with Crippen molar-refractivity contribution < 1.29 is 23.9 Å². The minimum absolute atomic E-state index is 0.244. The van der Waals surface area contributed by atoms with Crippen LogP contribution in [0.25, 0.3) is 0 Å². The van der Waals surface area contributed by atoms with Gasteiger partial charge < -0.3 is 20.1 Å². The predicted molar refractivity (Wildman–Crippen MR) is 99.6 cm³/mol. The molecule has 2 rings (SSSR count). The number of hydrogen-bond acceptors (Lipinski definition) is 5. The maximum atomic E-state index is 11.9. The van der Waals surface area contributed by atoms with Crippen LogP contribution in [0.2, 0.25) is 5.02 Å². The first-order valence-corrected chi connectivity index (χ1v) is 8.45. The zero-order valence-corrected chi connectivity index (χ0v) is 15.4. The largest absolute Gasteiger partial charge is 0.496 e. The summed E-state index contributed by atoms with van der Waals surface area (Å²) >= 11 is 5.75. The zero-order chi connectivity index (χ0) is 19.6. The van der Waals surface area contributed by atoms with Gasteiger partial charge in [-0.2, -0.15) is 0 Å². The molecule has 0 saturated carbocycles. The van der Waals surface area contributed by atoms with E-state index >= 15 is 0 Å². The Kier molecular flexibility index (Phi) is 7.63. The van der Waals surface area contributed by atoms with Crippen molar-refractivity contribution >= 4 is 29.4 Å². The molecular weight excluding hydrogens is 372 g/mol. The molecule has 7 nitrogen and oxygen atoms in total. The van der Waals surface area contributed by atoms with Crippen molar-refractivity contribution in [1.82, 2.24) is 10.6 Å². The monoisotopic (exact) mass is 390 g/mol. The van der Waals surface area contributed by atoms with Crippen LogP contribution in [0.15, 0.2) is 48.5 Å². The highest BCUT2D eigenvalue weighted by atomic mass is 35.5. The smallest absolute Gasteiger partial charge is 0.325 e. The van der Waals surface area contributed by atoms with Gasteiger partial charge in [0.15, 0.2) is 6.61 Å². The van der Waals surface area contributed by atoms with Crippen LogP contribution in [-0.4, -0.2) is 38.0 Å². The molecule has 0 heterocycles. The lowest BCUT2D eigenvalue weighted by Crippen LogP contribution is -2.33. The maximum absolute atomic E-state index is 11.9. The van der Waals surface area contributed by atoms with E-state index < -0.39 is 24.4 Å². The van der Waals surface area contributed by atoms with E-state index in [1.165, 1.54) is 12.1 Å². The Balaban J connectivity index is 1.69. The first-order valence-electron chi connectivity index (χ1n) is 8.07. The minimum Gasteiger partial charge on any atom is -0.496 e. The summed E-state index contributed by atoms with van der Waals surface area (Å²) in [5, 5.41) is 5.54. The first kappa shape index (κ1) is 20.3. The molecule has 0 fully saturated rings. The molecule has 0 saturated heterocycles. The van der Waals surface area contributed by atoms with Gasteiger partial charge in [0.1, 0.15) is 12.3 Å². The predicted octanol–water partition coefficient (Wildman–Crippen LogP) is 1.94. The molecule has 2 N–H and O–H groups in total. The molecule has 0 radical (unpaired) electrons. The fraction of sp³-hybridized carbons (Fsp3) is 0.211. The highest BCUT2D eigenvalue weighted by Crippen LogP contribution is 2.16. The van der Waals surface area contributed by atoms with Crippen LogP contribution in [0.5, 0.6) is 5.75 Å². The maximum Gasteiger partial charge on any atom is 0.325 e. The lowest BCUT2D eigenvalue weighted by atomic mass is 10.2. The van der Waals surface area contributed by atoms with E-state index in [0.29, 0.717) is 16.3 Å². The van der Waals surface area contributed by atoms with Crippen molar-refractivity contribution in [2.45, 2.75) is 6.54 Å². The summed E-state index contributed by atoms with van der Waals surface area (Å²) < 4.78 is 10.0. The van der Waals surface area contributed by atoms with Gasteiger partial charge in [-0.05, 0) is 30.3 Å². The third kappa shape index (κ3) is 6.63. The fourth-order valence-electron chi connectivity index (χ4n) is 2.15. The summed E-state index contributed by atoms with van der Waals surface area (Å²) in [7, 11) is 1.54. The van der Waals surface area contributed by atoms with Gasteiger partial charge in [0, 0.05) is 22.7 Å². The van der Waals surface area contributed by atoms with Gasteiger partial charge in [-0.1, -0.05) is 29.8 Å². The highest BCUT2D eigenvalue weighted by Gasteiger charge is 2.11. The van der Waals surface area contributed by atoms with Crippen LogP contribution in [0.1, 0.15) is 15.9 Å². The second kappa shape index (κ2) is 10.2. The standard InChI is InChI=1S/C19H19ClN2O5/c1-26-16-5-3-2-4-14(16)10-21-17(23)12-27-18(24)11-22-19(25)13-6-8-15(20)9-7-13/h2-9H,10-12H2,1H3,(H,21,23)(H,22,25). The molecule has 0 spiro atoms. The van der Waals surface area contributed by atoms with Crippen LogP contribution in [0, 0.1) is 0 Å². The average molecular weight is 391 g/mol. The number of benzene rings is 2. The van der Waals surface area contributed by atoms with E-state index in [1.807, 2.05) is 18.2 Å². The summed E-state index contributed by atoms with van der Waals surface area (Å²) in [5.74, 6) is -0.966. The zero-order valence-electron chi connectivity index (χ0n) is 14.7. The van der Waals surface area contributed by atoms with E-state index in [4.69, 9.17) is 21.1 Å². The summed E-state index contributed by atoms with van der Waals surface area (Å²) in [6.07, 6.45) is 0. The Morgan fingerprint density at radius 2 is 1.70 bits per heavy atom. The lowest BCUT2D eigenvalue weighted by molar-refractivity contribution is -0.147. The topological polar surface area (TPSA) is 93.7 Å². The van der Waals surface area contributed by atoms with Gasteiger partial charge in [-0.15, -0.1) is 0 Å². The van der Waals surface area contributed by atoms with Crippen molar-refractivity contribution in [3.05, 3.63) is 64.7 Å². The van der Waals surface area contributed by atoms with Gasteiger partial charge in [0.25, 0.3) is 11.8 Å². The number of carbonyl (C=O) groups is 3. The molecule has 8 heteroatoms. The highest BCUT2D eigenvalue weighted by molar-refractivity contribution is 6.30. The van der Waals surface area contributed by atoms with Crippen molar-refractivity contribution in [2.75, 3.05) is 20.3 Å². The number of amides is 2. The summed E-state index contributed by atoms with van der Waals surface area (Å²) in [6.45, 7) is -0.542. The quantitative estimate of drug-likeness (QED) is 0.672. The molecule has 0 atom stereocenters. The van der Waals surface area contributed by atoms with E-state index in [0.717, 1.165) is 5.56 Å². The summed E-state index contributed by atoms with van der Waals surface area (Å²) in [6, 6.07) is 13.5. The molecular formula is C19H19ClN2O5. The van der Waals surface area contributed by atoms with Crippen LogP contribution >= 0.6 is 11.6 Å². The third-order valence-corrected chi connectivity index (χ3v) is 3.78. The Morgan fingerprint density at radius 1 is 1.00 bits per heavy atom. The number of hydrogen-bond donors (Lipinski definition) is 2. The molecule has 0 aliphatic heterocycles. The van der Waals surface area contributed by atoms with Crippen LogP contribution in [0.3, 0.4) is 0 Å². The second-order valence-electron chi connectivity index (χ2n) is 5.44. The molecule has 2 aromatic rings. The summed E-state index contributed by atoms with van der Waals surface area (Å²) in [5.41, 5.74) is 1.16. The third-order valence-electron chi connectivity index (χ3n) is 3.53. The Hall–Kier alpha value is -3.06. The number of carbonyl (C=O) groups excluding carboxylic acids is 3. The van der Waals surface area contributed by atoms with Crippen LogP contribution in [0.4, 0.5) is 0 Å². The lowest BCUT2D eigenvalue weighted by Gasteiger charge is -2.10. The van der Waals surface area contributed by atoms with E-state index in [1.54, 1.807) is 25.3 Å². The number of nitrogens with one attached hydrogen (secondary N) is 2. The van der Waals surface area contributed by atoms with Gasteiger partial charge in [0.2, 0.25) is 0 Å². The number of para-hydroxylation sites is 1. The van der Waals surface area contributed by atoms with Crippen LogP contribution in [-0.2, 0) is 20.9 Å². The average Bonchev–Trinajstić information content (AvgIpc) is 2.69. The number of ether oxygens (including phenoxy) is 2. The van der Waals surface area contributed by atoms with Gasteiger partial charge in [-0.25, -0.2) is 0 Å². The molecule has 0 aromatic heterocycles. The Bertz CT molecular complexity index is 808. The number of esters is 1. The van der Waals surface area contributed by atoms with E-state index in [2.05, 4.69) is 10.6 Å². The normalized spacial score (nSPS) is 10.0. The molecule has 142 valence electrons. The number of methoxy groups -OCH3 is 1. The Labute approximate surface area is 161 Å². The Morgan fingerprint density at radius 3 is 2.41 bits per heavy atom. The van der Waals surface area contributed by atoms with Gasteiger partial charge >= 0.3 is 5.97 Å². The second-order valence-corrected chi connectivity index (χ2v) is 5.88. The number of halogens is 1. The molecule has 2 amide bonds. The molecule has 2 aromatic carbocycles. The van der Waals surface area contributed by atoms with Gasteiger partial charge in [-0.3, -0.25) is 14.4 Å². The van der Waals surface area contributed by atoms with E-state index in [-0.39, 0.29) is 13.1 Å². The molecule has 0 aliphatic rings.